The van der Waals surface area contributed by atoms with Gasteiger partial charge in [0, 0.05) is 12.5 Å². The number of carbonyl (C=O) groups is 2. The molecule has 1 saturated heterocycles. The molecule has 1 saturated carbocycles. The molecule has 2 fully saturated rings. The highest BCUT2D eigenvalue weighted by molar-refractivity contribution is 5.87. The fourth-order valence-corrected chi connectivity index (χ4v) is 3.81. The van der Waals surface area contributed by atoms with Crippen LogP contribution in [0.5, 0.6) is 5.75 Å². The molecule has 1 aromatic rings. The van der Waals surface area contributed by atoms with Crippen LogP contribution < -0.4 is 10.1 Å². The zero-order chi connectivity index (χ0) is 18.4. The van der Waals surface area contributed by atoms with Gasteiger partial charge in [0.25, 0.3) is 0 Å². The second-order valence-electron chi connectivity index (χ2n) is 7.29. The predicted octanol–water partition coefficient (Wildman–Crippen LogP) is 2.85. The SMILES string of the molecule is O=C(NC1CCCCCCC1)[C@@H]1CC(O)CN1C(=O)Oc1ccccc1. The minimum Gasteiger partial charge on any atom is -0.410 e. The quantitative estimate of drug-likeness (QED) is 0.869. The van der Waals surface area contributed by atoms with Crippen LogP contribution in [0.4, 0.5) is 4.79 Å². The van der Waals surface area contributed by atoms with Crippen LogP contribution in [0, 0.1) is 0 Å². The van der Waals surface area contributed by atoms with Crippen LogP contribution in [0.1, 0.15) is 51.4 Å². The van der Waals surface area contributed by atoms with E-state index in [-0.39, 0.29) is 24.9 Å². The summed E-state index contributed by atoms with van der Waals surface area (Å²) >= 11 is 0. The Morgan fingerprint density at radius 2 is 1.69 bits per heavy atom. The lowest BCUT2D eigenvalue weighted by molar-refractivity contribution is -0.125. The molecule has 1 heterocycles. The van der Waals surface area contributed by atoms with E-state index < -0.39 is 18.2 Å². The number of carbonyl (C=O) groups excluding carboxylic acids is 2. The Morgan fingerprint density at radius 1 is 1.04 bits per heavy atom. The summed E-state index contributed by atoms with van der Waals surface area (Å²) < 4.78 is 5.35. The molecule has 26 heavy (non-hydrogen) atoms. The molecule has 142 valence electrons. The van der Waals surface area contributed by atoms with Crippen molar-refractivity contribution in [3.8, 4) is 5.75 Å². The van der Waals surface area contributed by atoms with Crippen LogP contribution in [-0.4, -0.2) is 46.7 Å². The average Bonchev–Trinajstić information content (AvgIpc) is 3.00. The van der Waals surface area contributed by atoms with E-state index in [2.05, 4.69) is 5.32 Å². The Bertz CT molecular complexity index is 599. The number of aliphatic hydroxyl groups excluding tert-OH is 1. The standard InChI is InChI=1S/C20H28N2O4/c23-16-13-18(19(24)21-15-9-5-2-1-3-6-10-15)22(14-16)20(25)26-17-11-7-4-8-12-17/h4,7-8,11-12,15-16,18,23H,1-3,5-6,9-10,13-14H2,(H,21,24)/t16?,18-/m0/s1. The minimum absolute atomic E-state index is 0.119. The van der Waals surface area contributed by atoms with Crippen molar-refractivity contribution >= 4 is 12.0 Å². The van der Waals surface area contributed by atoms with Crippen LogP contribution in [0.3, 0.4) is 0 Å². The van der Waals surface area contributed by atoms with Gasteiger partial charge in [-0.25, -0.2) is 4.79 Å². The predicted molar refractivity (Wildman–Crippen MR) is 97.8 cm³/mol. The van der Waals surface area contributed by atoms with E-state index in [1.165, 1.54) is 24.2 Å². The highest BCUT2D eigenvalue weighted by Crippen LogP contribution is 2.22. The summed E-state index contributed by atoms with van der Waals surface area (Å²) in [7, 11) is 0. The molecule has 0 bridgehead atoms. The second-order valence-corrected chi connectivity index (χ2v) is 7.29. The number of nitrogens with one attached hydrogen (secondary N) is 1. The number of ether oxygens (including phenoxy) is 1. The average molecular weight is 360 g/mol. The van der Waals surface area contributed by atoms with Crippen LogP contribution in [0.15, 0.2) is 30.3 Å². The molecule has 2 atom stereocenters. The lowest BCUT2D eigenvalue weighted by Gasteiger charge is -2.26. The van der Waals surface area contributed by atoms with Gasteiger partial charge < -0.3 is 15.2 Å². The molecule has 2 N–H and O–H groups in total. The van der Waals surface area contributed by atoms with Crippen LogP contribution in [0.25, 0.3) is 0 Å². The maximum absolute atomic E-state index is 12.8. The molecule has 0 radical (unpaired) electrons. The molecule has 1 unspecified atom stereocenters. The van der Waals surface area contributed by atoms with E-state index >= 15 is 0 Å². The highest BCUT2D eigenvalue weighted by atomic mass is 16.6. The third-order valence-corrected chi connectivity index (χ3v) is 5.22. The molecular formula is C20H28N2O4. The summed E-state index contributed by atoms with van der Waals surface area (Å²) in [5.74, 6) is 0.246. The van der Waals surface area contributed by atoms with Crippen molar-refractivity contribution in [3.63, 3.8) is 0 Å². The number of nitrogens with zero attached hydrogens (tertiary/aromatic N) is 1. The number of amides is 2. The Hall–Kier alpha value is -2.08. The number of likely N-dealkylation sites (tertiary alicyclic amines) is 1. The molecule has 3 rings (SSSR count). The van der Waals surface area contributed by atoms with E-state index in [4.69, 9.17) is 4.74 Å². The van der Waals surface area contributed by atoms with Crippen molar-refractivity contribution in [2.24, 2.45) is 0 Å². The van der Waals surface area contributed by atoms with Crippen molar-refractivity contribution < 1.29 is 19.4 Å². The van der Waals surface area contributed by atoms with Gasteiger partial charge in [-0.15, -0.1) is 0 Å². The van der Waals surface area contributed by atoms with E-state index in [9.17, 15) is 14.7 Å². The van der Waals surface area contributed by atoms with Gasteiger partial charge in [-0.1, -0.05) is 50.3 Å². The maximum atomic E-state index is 12.8. The van der Waals surface area contributed by atoms with Crippen molar-refractivity contribution in [2.75, 3.05) is 6.54 Å². The third kappa shape index (κ3) is 4.97. The maximum Gasteiger partial charge on any atom is 0.416 e. The highest BCUT2D eigenvalue weighted by Gasteiger charge is 2.40. The lowest BCUT2D eigenvalue weighted by atomic mass is 9.96. The summed E-state index contributed by atoms with van der Waals surface area (Å²) in [5, 5.41) is 13.1. The molecule has 1 aromatic carbocycles. The number of para-hydroxylation sites is 1. The fraction of sp³-hybridized carbons (Fsp3) is 0.600. The first-order valence-electron chi connectivity index (χ1n) is 9.65. The molecule has 1 aliphatic carbocycles. The Balaban J connectivity index is 1.60. The van der Waals surface area contributed by atoms with E-state index in [0.29, 0.717) is 5.75 Å². The largest absolute Gasteiger partial charge is 0.416 e. The van der Waals surface area contributed by atoms with Gasteiger partial charge in [0.1, 0.15) is 11.8 Å². The summed E-state index contributed by atoms with van der Waals surface area (Å²) in [4.78, 5) is 26.6. The van der Waals surface area contributed by atoms with Gasteiger partial charge in [0.2, 0.25) is 5.91 Å². The molecule has 2 aliphatic rings. The smallest absolute Gasteiger partial charge is 0.410 e. The number of aliphatic hydroxyl groups is 1. The number of rotatable bonds is 3. The van der Waals surface area contributed by atoms with Crippen LogP contribution >= 0.6 is 0 Å². The van der Waals surface area contributed by atoms with Gasteiger partial charge >= 0.3 is 6.09 Å². The van der Waals surface area contributed by atoms with Crippen molar-refractivity contribution in [3.05, 3.63) is 30.3 Å². The molecule has 6 nitrogen and oxygen atoms in total. The summed E-state index contributed by atoms with van der Waals surface area (Å²) in [5.41, 5.74) is 0. The Kier molecular flexibility index (Phi) is 6.50. The first kappa shape index (κ1) is 18.7. The topological polar surface area (TPSA) is 78.9 Å². The molecule has 0 aromatic heterocycles. The lowest BCUT2D eigenvalue weighted by Crippen LogP contribution is -2.49. The van der Waals surface area contributed by atoms with E-state index in [1.54, 1.807) is 24.3 Å². The van der Waals surface area contributed by atoms with E-state index in [1.807, 2.05) is 6.07 Å². The fourth-order valence-electron chi connectivity index (χ4n) is 3.81. The van der Waals surface area contributed by atoms with Gasteiger partial charge in [0.15, 0.2) is 0 Å². The zero-order valence-electron chi connectivity index (χ0n) is 15.1. The normalized spacial score (nSPS) is 24.6. The van der Waals surface area contributed by atoms with Crippen LogP contribution in [-0.2, 0) is 4.79 Å². The Labute approximate surface area is 154 Å². The molecule has 1 aliphatic heterocycles. The van der Waals surface area contributed by atoms with Gasteiger partial charge in [0.05, 0.1) is 12.6 Å². The van der Waals surface area contributed by atoms with Crippen molar-refractivity contribution in [1.29, 1.82) is 0 Å². The summed E-state index contributed by atoms with van der Waals surface area (Å²) in [6, 6.07) is 8.25. The van der Waals surface area contributed by atoms with Gasteiger partial charge in [-0.3, -0.25) is 9.69 Å². The second kappa shape index (κ2) is 9.03. The third-order valence-electron chi connectivity index (χ3n) is 5.22. The summed E-state index contributed by atoms with van der Waals surface area (Å²) in [6.07, 6.45) is 6.86. The van der Waals surface area contributed by atoms with Crippen LogP contribution in [0.2, 0.25) is 0 Å². The molecule has 2 amide bonds. The van der Waals surface area contributed by atoms with Crippen molar-refractivity contribution in [2.45, 2.75) is 69.6 Å². The minimum atomic E-state index is -0.702. The molecular weight excluding hydrogens is 332 g/mol. The zero-order valence-corrected chi connectivity index (χ0v) is 15.1. The molecule has 0 spiro atoms. The van der Waals surface area contributed by atoms with Gasteiger partial charge in [-0.2, -0.15) is 0 Å². The summed E-state index contributed by atoms with van der Waals surface area (Å²) in [6.45, 7) is 0.119. The first-order chi connectivity index (χ1) is 12.6. The van der Waals surface area contributed by atoms with Gasteiger partial charge in [-0.05, 0) is 25.0 Å². The van der Waals surface area contributed by atoms with E-state index in [0.717, 1.165) is 25.7 Å². The van der Waals surface area contributed by atoms with Crippen molar-refractivity contribution in [1.82, 2.24) is 10.2 Å². The number of hydrogen-bond donors (Lipinski definition) is 2. The number of hydrogen-bond acceptors (Lipinski definition) is 4. The Morgan fingerprint density at radius 3 is 2.38 bits per heavy atom. The first-order valence-corrected chi connectivity index (χ1v) is 9.65. The monoisotopic (exact) mass is 360 g/mol. The number of benzene rings is 1. The molecule has 6 heteroatoms. The number of β-amino-alcohol motifs (C(OH)–C–C–N with tert-alkyl or cyclic N) is 1.